The molecule has 2 aromatic heterocycles. The van der Waals surface area contributed by atoms with Gasteiger partial charge in [-0.25, -0.2) is 9.97 Å². The van der Waals surface area contributed by atoms with Gasteiger partial charge in [0.1, 0.15) is 34.9 Å². The van der Waals surface area contributed by atoms with Gasteiger partial charge in [-0.3, -0.25) is 4.79 Å². The molecule has 156 valence electrons. The number of carbonyl (C=O) groups excluding carboxylic acids is 1. The number of aliphatic hydroxyl groups is 4. The van der Waals surface area contributed by atoms with Crippen molar-refractivity contribution in [2.45, 2.75) is 48.7 Å². The topological polar surface area (TPSA) is 133 Å². The Hall–Kier alpha value is -1.66. The molecule has 1 saturated heterocycles. The number of hydrogen-bond acceptors (Lipinski definition) is 10. The van der Waals surface area contributed by atoms with Crippen molar-refractivity contribution in [3.05, 3.63) is 39.5 Å². The van der Waals surface area contributed by atoms with E-state index < -0.39 is 36.5 Å². The summed E-state index contributed by atoms with van der Waals surface area (Å²) in [6.45, 7) is 2.56. The molecule has 0 bridgehead atoms. The molecule has 0 saturated carbocycles. The van der Waals surface area contributed by atoms with Crippen LogP contribution >= 0.6 is 23.1 Å². The van der Waals surface area contributed by atoms with Crippen LogP contribution in [-0.4, -0.2) is 72.6 Å². The first-order valence-electron chi connectivity index (χ1n) is 8.88. The van der Waals surface area contributed by atoms with Gasteiger partial charge in [-0.15, -0.1) is 0 Å². The summed E-state index contributed by atoms with van der Waals surface area (Å²) in [5.41, 5.74) is 0.728. The minimum atomic E-state index is -1.50. The summed E-state index contributed by atoms with van der Waals surface area (Å²) in [6, 6.07) is 1.95. The maximum Gasteiger partial charge on any atom is 0.164 e. The highest BCUT2D eigenvalue weighted by Gasteiger charge is 2.44. The number of aryl methyl sites for hydroxylation is 1. The number of carbonyl (C=O) groups is 1. The molecule has 8 nitrogen and oxygen atoms in total. The second-order valence-corrected chi connectivity index (χ2v) is 8.48. The summed E-state index contributed by atoms with van der Waals surface area (Å²) in [6.07, 6.45) is -1.85. The van der Waals surface area contributed by atoms with E-state index in [2.05, 4.69) is 9.97 Å². The van der Waals surface area contributed by atoms with E-state index in [0.717, 1.165) is 17.3 Å². The summed E-state index contributed by atoms with van der Waals surface area (Å²) in [5, 5.41) is 43.8. The second kappa shape index (κ2) is 9.43. The number of thiophene rings is 1. The summed E-state index contributed by atoms with van der Waals surface area (Å²) < 4.78 is 5.53. The molecule has 2 aromatic rings. The molecule has 0 spiro atoms. The third kappa shape index (κ3) is 4.92. The Kier molecular flexibility index (Phi) is 7.17. The average molecular weight is 439 g/mol. The Balaban J connectivity index is 1.93. The lowest BCUT2D eigenvalue weighted by molar-refractivity contribution is -0.205. The van der Waals surface area contributed by atoms with Crippen LogP contribution in [0.4, 0.5) is 0 Å². The van der Waals surface area contributed by atoms with Gasteiger partial charge in [0.15, 0.2) is 11.6 Å². The molecule has 0 unspecified atom stereocenters. The first kappa shape index (κ1) is 22.0. The van der Waals surface area contributed by atoms with Gasteiger partial charge < -0.3 is 25.2 Å². The maximum absolute atomic E-state index is 12.2. The van der Waals surface area contributed by atoms with Crippen LogP contribution in [0.3, 0.4) is 0 Å². The molecule has 0 aliphatic carbocycles. The molecule has 1 fully saturated rings. The number of ketones is 1. The molecular formula is C19H22N2O6S2. The third-order valence-corrected chi connectivity index (χ3v) is 6.31. The highest BCUT2D eigenvalue weighted by atomic mass is 32.2. The van der Waals surface area contributed by atoms with Crippen molar-refractivity contribution >= 4 is 41.0 Å². The lowest BCUT2D eigenvalue weighted by Gasteiger charge is -2.39. The van der Waals surface area contributed by atoms with Crippen LogP contribution in [0.2, 0.25) is 0 Å². The molecule has 0 aromatic carbocycles. The predicted molar refractivity (Wildman–Crippen MR) is 110 cm³/mol. The Morgan fingerprint density at radius 2 is 2.00 bits per heavy atom. The Morgan fingerprint density at radius 3 is 2.62 bits per heavy atom. The molecule has 1 aliphatic rings. The van der Waals surface area contributed by atoms with E-state index in [1.54, 1.807) is 24.3 Å². The largest absolute Gasteiger partial charge is 0.394 e. The SMILES string of the molecule is CC(=O)c1c(C)nc(/C=C/c2ccsc2)nc1S[C@@H]1O[C@H](CO)[C@@H](O)[C@H](O)[C@H]1O. The number of thioether (sulfide) groups is 1. The van der Waals surface area contributed by atoms with E-state index in [1.807, 2.05) is 22.9 Å². The second-order valence-electron chi connectivity index (χ2n) is 6.61. The predicted octanol–water partition coefficient (Wildman–Crippen LogP) is 1.11. The zero-order valence-corrected chi connectivity index (χ0v) is 17.4. The van der Waals surface area contributed by atoms with Crippen LogP contribution in [0.25, 0.3) is 12.2 Å². The zero-order chi connectivity index (χ0) is 21.1. The van der Waals surface area contributed by atoms with Crippen LogP contribution in [0.5, 0.6) is 0 Å². The van der Waals surface area contributed by atoms with Crippen molar-refractivity contribution in [3.8, 4) is 0 Å². The maximum atomic E-state index is 12.2. The van der Waals surface area contributed by atoms with Gasteiger partial charge in [0.2, 0.25) is 0 Å². The summed E-state index contributed by atoms with van der Waals surface area (Å²) in [5.74, 6) is 0.133. The third-order valence-electron chi connectivity index (χ3n) is 4.47. The highest BCUT2D eigenvalue weighted by molar-refractivity contribution is 7.99. The lowest BCUT2D eigenvalue weighted by Crippen LogP contribution is -2.57. The number of Topliss-reactive ketones (excluding diaryl/α,β-unsaturated/α-hetero) is 1. The fraction of sp³-hybridized carbons (Fsp3) is 0.421. The van der Waals surface area contributed by atoms with E-state index in [9.17, 15) is 25.2 Å². The van der Waals surface area contributed by atoms with Crippen molar-refractivity contribution in [1.82, 2.24) is 9.97 Å². The van der Waals surface area contributed by atoms with Crippen LogP contribution < -0.4 is 0 Å². The van der Waals surface area contributed by atoms with Gasteiger partial charge >= 0.3 is 0 Å². The van der Waals surface area contributed by atoms with Crippen molar-refractivity contribution in [2.24, 2.45) is 0 Å². The smallest absolute Gasteiger partial charge is 0.164 e. The molecule has 0 radical (unpaired) electrons. The fourth-order valence-corrected chi connectivity index (χ4v) is 4.85. The molecular weight excluding hydrogens is 416 g/mol. The summed E-state index contributed by atoms with van der Waals surface area (Å²) in [4.78, 5) is 21.0. The van der Waals surface area contributed by atoms with E-state index in [4.69, 9.17) is 4.74 Å². The zero-order valence-electron chi connectivity index (χ0n) is 15.8. The first-order chi connectivity index (χ1) is 13.8. The van der Waals surface area contributed by atoms with Gasteiger partial charge in [0.25, 0.3) is 0 Å². The molecule has 3 heterocycles. The van der Waals surface area contributed by atoms with Crippen molar-refractivity contribution in [2.75, 3.05) is 6.61 Å². The van der Waals surface area contributed by atoms with Gasteiger partial charge in [-0.1, -0.05) is 17.8 Å². The number of hydrogen-bond donors (Lipinski definition) is 4. The highest BCUT2D eigenvalue weighted by Crippen LogP contribution is 2.35. The van der Waals surface area contributed by atoms with Crippen LogP contribution in [-0.2, 0) is 4.74 Å². The van der Waals surface area contributed by atoms with Crippen molar-refractivity contribution < 1.29 is 30.0 Å². The Morgan fingerprint density at radius 1 is 1.24 bits per heavy atom. The van der Waals surface area contributed by atoms with Crippen LogP contribution in [0.1, 0.15) is 34.4 Å². The van der Waals surface area contributed by atoms with E-state index in [-0.39, 0.29) is 5.78 Å². The van der Waals surface area contributed by atoms with E-state index in [1.165, 1.54) is 6.92 Å². The number of aromatic nitrogens is 2. The van der Waals surface area contributed by atoms with Gasteiger partial charge in [-0.2, -0.15) is 11.3 Å². The van der Waals surface area contributed by atoms with Gasteiger partial charge in [-0.05, 0) is 42.3 Å². The average Bonchev–Trinajstić information content (AvgIpc) is 3.20. The summed E-state index contributed by atoms with van der Waals surface area (Å²) >= 11 is 2.51. The van der Waals surface area contributed by atoms with E-state index >= 15 is 0 Å². The van der Waals surface area contributed by atoms with E-state index in [0.29, 0.717) is 22.1 Å². The van der Waals surface area contributed by atoms with Crippen LogP contribution in [0.15, 0.2) is 21.9 Å². The standard InChI is InChI=1S/C19H22N2O6S2/c1-9-14(10(2)23)18(21-13(20-9)4-3-11-5-6-28-8-11)29-19-17(26)16(25)15(24)12(7-22)27-19/h3-6,8,12,15-17,19,22,24-26H,7H2,1-2H3/b4-3+/t12-,15-,16+,17-,19+/m1/s1. The quantitative estimate of drug-likeness (QED) is 0.387. The molecule has 10 heteroatoms. The molecule has 1 aliphatic heterocycles. The molecule has 0 amide bonds. The van der Waals surface area contributed by atoms with Gasteiger partial charge in [0, 0.05) is 0 Å². The Bertz CT molecular complexity index is 887. The van der Waals surface area contributed by atoms with Crippen LogP contribution in [0, 0.1) is 6.92 Å². The molecule has 29 heavy (non-hydrogen) atoms. The summed E-state index contributed by atoms with van der Waals surface area (Å²) in [7, 11) is 0. The van der Waals surface area contributed by atoms with Crippen molar-refractivity contribution in [3.63, 3.8) is 0 Å². The normalized spacial score (nSPS) is 27.4. The number of rotatable bonds is 6. The molecule has 4 N–H and O–H groups in total. The lowest BCUT2D eigenvalue weighted by atomic mass is 10.0. The monoisotopic (exact) mass is 438 g/mol. The Labute approximate surface area is 175 Å². The first-order valence-corrected chi connectivity index (χ1v) is 10.7. The number of ether oxygens (including phenoxy) is 1. The minimum absolute atomic E-state index is 0.247. The van der Waals surface area contributed by atoms with Gasteiger partial charge in [0.05, 0.1) is 17.9 Å². The fourth-order valence-electron chi connectivity index (χ4n) is 2.95. The minimum Gasteiger partial charge on any atom is -0.394 e. The van der Waals surface area contributed by atoms with Crippen molar-refractivity contribution in [1.29, 1.82) is 0 Å². The number of aliphatic hydroxyl groups excluding tert-OH is 4. The molecule has 3 rings (SSSR count). The molecule has 5 atom stereocenters. The number of nitrogens with zero attached hydrogens (tertiary/aromatic N) is 2.